The standard InChI is InChI=1S/C19H17N5O3/c1-26-12-7-5-11(6-8-12)15-16(22-23-21-15)18-20-19(25)13-3-2-4-14-17(13)24(18)9-10-27-14/h2-8,18H,9-10H2,1H3,(H,20,25)(H,21,22,23). The van der Waals surface area contributed by atoms with Crippen molar-refractivity contribution in [1.29, 1.82) is 0 Å². The highest BCUT2D eigenvalue weighted by Gasteiger charge is 2.38. The molecule has 2 N–H and O–H groups in total. The van der Waals surface area contributed by atoms with E-state index in [0.717, 1.165) is 17.0 Å². The molecule has 0 saturated carbocycles. The minimum atomic E-state index is -0.425. The smallest absolute Gasteiger partial charge is 0.255 e. The molecule has 1 aromatic heterocycles. The van der Waals surface area contributed by atoms with E-state index in [-0.39, 0.29) is 5.91 Å². The van der Waals surface area contributed by atoms with Gasteiger partial charge in [0.1, 0.15) is 35.7 Å². The lowest BCUT2D eigenvalue weighted by Gasteiger charge is -2.41. The molecule has 0 aliphatic carbocycles. The zero-order valence-electron chi connectivity index (χ0n) is 14.6. The van der Waals surface area contributed by atoms with E-state index in [9.17, 15) is 4.79 Å². The quantitative estimate of drug-likeness (QED) is 0.741. The van der Waals surface area contributed by atoms with E-state index in [2.05, 4.69) is 25.6 Å². The molecule has 136 valence electrons. The van der Waals surface area contributed by atoms with Gasteiger partial charge in [0.15, 0.2) is 0 Å². The number of benzene rings is 2. The maximum atomic E-state index is 12.7. The summed E-state index contributed by atoms with van der Waals surface area (Å²) < 4.78 is 11.0. The number of ether oxygens (including phenoxy) is 2. The molecular weight excluding hydrogens is 346 g/mol. The summed E-state index contributed by atoms with van der Waals surface area (Å²) in [6.45, 7) is 1.18. The molecule has 0 bridgehead atoms. The Balaban J connectivity index is 1.59. The summed E-state index contributed by atoms with van der Waals surface area (Å²) in [5.74, 6) is 1.33. The van der Waals surface area contributed by atoms with Crippen LogP contribution in [0.2, 0.25) is 0 Å². The second-order valence-corrected chi connectivity index (χ2v) is 6.36. The summed E-state index contributed by atoms with van der Waals surface area (Å²) in [6.07, 6.45) is -0.425. The van der Waals surface area contributed by atoms with E-state index < -0.39 is 6.17 Å². The molecular formula is C19H17N5O3. The van der Waals surface area contributed by atoms with Crippen LogP contribution in [0.15, 0.2) is 42.5 Å². The van der Waals surface area contributed by atoms with Crippen LogP contribution in [0, 0.1) is 0 Å². The second kappa shape index (κ2) is 6.01. The van der Waals surface area contributed by atoms with Gasteiger partial charge in [0.25, 0.3) is 5.91 Å². The molecule has 8 nitrogen and oxygen atoms in total. The van der Waals surface area contributed by atoms with Crippen molar-refractivity contribution >= 4 is 11.6 Å². The van der Waals surface area contributed by atoms with Gasteiger partial charge in [-0.25, -0.2) is 0 Å². The summed E-state index contributed by atoms with van der Waals surface area (Å²) >= 11 is 0. The average Bonchev–Trinajstić information content (AvgIpc) is 3.20. The van der Waals surface area contributed by atoms with Crippen molar-refractivity contribution in [2.45, 2.75) is 6.17 Å². The third-order valence-electron chi connectivity index (χ3n) is 4.90. The number of hydrogen-bond acceptors (Lipinski definition) is 6. The highest BCUT2D eigenvalue weighted by molar-refractivity contribution is 6.03. The topological polar surface area (TPSA) is 92.4 Å². The number of anilines is 1. The Labute approximate surface area is 155 Å². The predicted octanol–water partition coefficient (Wildman–Crippen LogP) is 2.12. The lowest BCUT2D eigenvalue weighted by molar-refractivity contribution is 0.0920. The number of aromatic amines is 1. The lowest BCUT2D eigenvalue weighted by Crippen LogP contribution is -2.50. The number of nitrogens with zero attached hydrogens (tertiary/aromatic N) is 3. The number of aromatic nitrogens is 3. The van der Waals surface area contributed by atoms with Gasteiger partial charge in [-0.05, 0) is 36.4 Å². The molecule has 2 aromatic carbocycles. The molecule has 1 unspecified atom stereocenters. The Morgan fingerprint density at radius 2 is 2.04 bits per heavy atom. The largest absolute Gasteiger partial charge is 0.497 e. The highest BCUT2D eigenvalue weighted by Crippen LogP contribution is 2.42. The Morgan fingerprint density at radius 3 is 2.85 bits per heavy atom. The number of carbonyl (C=O) groups is 1. The Bertz CT molecular complexity index is 1010. The van der Waals surface area contributed by atoms with E-state index in [1.807, 2.05) is 36.4 Å². The number of methoxy groups -OCH3 is 1. The summed E-state index contributed by atoms with van der Waals surface area (Å²) in [4.78, 5) is 14.8. The van der Waals surface area contributed by atoms with Gasteiger partial charge < -0.3 is 19.7 Å². The highest BCUT2D eigenvalue weighted by atomic mass is 16.5. The van der Waals surface area contributed by atoms with Crippen molar-refractivity contribution in [3.63, 3.8) is 0 Å². The van der Waals surface area contributed by atoms with Crippen molar-refractivity contribution in [2.75, 3.05) is 25.2 Å². The summed E-state index contributed by atoms with van der Waals surface area (Å²) in [5, 5.41) is 14.4. The minimum absolute atomic E-state index is 0.151. The van der Waals surface area contributed by atoms with E-state index in [1.165, 1.54) is 0 Å². The minimum Gasteiger partial charge on any atom is -0.497 e. The van der Waals surface area contributed by atoms with E-state index in [4.69, 9.17) is 9.47 Å². The Morgan fingerprint density at radius 1 is 1.19 bits per heavy atom. The van der Waals surface area contributed by atoms with Gasteiger partial charge in [-0.1, -0.05) is 6.07 Å². The lowest BCUT2D eigenvalue weighted by atomic mass is 10.0. The number of carbonyl (C=O) groups excluding carboxylic acids is 1. The number of amides is 1. The molecule has 8 heteroatoms. The first-order valence-electron chi connectivity index (χ1n) is 8.64. The summed E-state index contributed by atoms with van der Waals surface area (Å²) in [6, 6.07) is 13.1. The van der Waals surface area contributed by atoms with Crippen LogP contribution in [0.4, 0.5) is 5.69 Å². The van der Waals surface area contributed by atoms with Gasteiger partial charge in [-0.3, -0.25) is 4.79 Å². The maximum Gasteiger partial charge on any atom is 0.255 e. The first-order valence-corrected chi connectivity index (χ1v) is 8.64. The van der Waals surface area contributed by atoms with Crippen LogP contribution < -0.4 is 19.7 Å². The average molecular weight is 363 g/mol. The molecule has 0 radical (unpaired) electrons. The SMILES string of the molecule is COc1ccc(-c2n[nH]nc2C2NC(=O)c3cccc4c3N2CCO4)cc1. The molecule has 1 atom stereocenters. The van der Waals surface area contributed by atoms with Crippen LogP contribution in [0.1, 0.15) is 22.2 Å². The first-order chi connectivity index (χ1) is 13.3. The number of H-pyrrole nitrogens is 1. The third-order valence-corrected chi connectivity index (χ3v) is 4.90. The Kier molecular flexibility index (Phi) is 3.49. The summed E-state index contributed by atoms with van der Waals surface area (Å²) in [5.41, 5.74) is 3.66. The van der Waals surface area contributed by atoms with Crippen LogP contribution in [0.3, 0.4) is 0 Å². The molecule has 2 aliphatic rings. The van der Waals surface area contributed by atoms with Gasteiger partial charge in [0.2, 0.25) is 0 Å². The van der Waals surface area contributed by atoms with Crippen molar-refractivity contribution in [3.05, 3.63) is 53.7 Å². The van der Waals surface area contributed by atoms with Crippen molar-refractivity contribution < 1.29 is 14.3 Å². The van der Waals surface area contributed by atoms with Gasteiger partial charge in [0, 0.05) is 5.56 Å². The summed E-state index contributed by atoms with van der Waals surface area (Å²) in [7, 11) is 1.63. The number of hydrogen-bond donors (Lipinski definition) is 2. The van der Waals surface area contributed by atoms with Crippen LogP contribution >= 0.6 is 0 Å². The normalized spacial score (nSPS) is 17.7. The van der Waals surface area contributed by atoms with Crippen LogP contribution in [-0.2, 0) is 0 Å². The first kappa shape index (κ1) is 15.7. The fraction of sp³-hybridized carbons (Fsp3) is 0.211. The van der Waals surface area contributed by atoms with E-state index in [1.54, 1.807) is 13.2 Å². The van der Waals surface area contributed by atoms with Crippen LogP contribution in [-0.4, -0.2) is 41.6 Å². The monoisotopic (exact) mass is 363 g/mol. The molecule has 3 heterocycles. The molecule has 5 rings (SSSR count). The van der Waals surface area contributed by atoms with Crippen molar-refractivity contribution in [3.8, 4) is 22.8 Å². The number of nitrogens with one attached hydrogen (secondary N) is 2. The Hall–Kier alpha value is -3.55. The van der Waals surface area contributed by atoms with Crippen LogP contribution in [0.25, 0.3) is 11.3 Å². The maximum absolute atomic E-state index is 12.7. The third kappa shape index (κ3) is 2.41. The zero-order valence-corrected chi connectivity index (χ0v) is 14.6. The van der Waals surface area contributed by atoms with Gasteiger partial charge >= 0.3 is 0 Å². The van der Waals surface area contributed by atoms with Crippen LogP contribution in [0.5, 0.6) is 11.5 Å². The molecule has 0 saturated heterocycles. The van der Waals surface area contributed by atoms with E-state index >= 15 is 0 Å². The predicted molar refractivity (Wildman–Crippen MR) is 97.9 cm³/mol. The molecule has 3 aromatic rings. The fourth-order valence-corrected chi connectivity index (χ4v) is 3.63. The molecule has 27 heavy (non-hydrogen) atoms. The second-order valence-electron chi connectivity index (χ2n) is 6.36. The van der Waals surface area contributed by atoms with Gasteiger partial charge in [0.05, 0.1) is 24.9 Å². The van der Waals surface area contributed by atoms with Gasteiger partial charge in [-0.15, -0.1) is 0 Å². The van der Waals surface area contributed by atoms with Crippen molar-refractivity contribution in [2.24, 2.45) is 0 Å². The number of para-hydroxylation sites is 1. The van der Waals surface area contributed by atoms with E-state index in [0.29, 0.717) is 35.9 Å². The molecule has 1 amide bonds. The fourth-order valence-electron chi connectivity index (χ4n) is 3.63. The molecule has 0 fully saturated rings. The zero-order chi connectivity index (χ0) is 18.4. The molecule has 2 aliphatic heterocycles. The van der Waals surface area contributed by atoms with Gasteiger partial charge in [-0.2, -0.15) is 15.4 Å². The number of rotatable bonds is 3. The molecule has 0 spiro atoms. The van der Waals surface area contributed by atoms with Crippen molar-refractivity contribution in [1.82, 2.24) is 20.7 Å².